The van der Waals surface area contributed by atoms with Crippen molar-refractivity contribution in [1.82, 2.24) is 10.2 Å². The molecule has 2 N–H and O–H groups in total. The molecule has 0 radical (unpaired) electrons. The van der Waals surface area contributed by atoms with Crippen LogP contribution in [-0.4, -0.2) is 67.8 Å². The van der Waals surface area contributed by atoms with E-state index in [1.54, 1.807) is 0 Å². The van der Waals surface area contributed by atoms with Crippen LogP contribution in [0.1, 0.15) is 27.2 Å². The van der Waals surface area contributed by atoms with Gasteiger partial charge >= 0.3 is 0 Å². The van der Waals surface area contributed by atoms with Crippen molar-refractivity contribution in [3.05, 3.63) is 0 Å². The van der Waals surface area contributed by atoms with Gasteiger partial charge in [-0.1, -0.05) is 0 Å². The molecule has 2 atom stereocenters. The van der Waals surface area contributed by atoms with Crippen LogP contribution in [0, 0.1) is 0 Å². The predicted octanol–water partition coefficient (Wildman–Crippen LogP) is -0.146. The lowest BCUT2D eigenvalue weighted by Gasteiger charge is -2.28. The highest BCUT2D eigenvalue weighted by molar-refractivity contribution is 7.91. The molecule has 0 aromatic carbocycles. The zero-order valence-electron chi connectivity index (χ0n) is 11.8. The molecule has 0 bridgehead atoms. The van der Waals surface area contributed by atoms with Crippen LogP contribution in [0.4, 0.5) is 0 Å². The minimum absolute atomic E-state index is 0.0176. The minimum Gasteiger partial charge on any atom is -0.390 e. The molecule has 2 unspecified atom stereocenters. The molecule has 0 aliphatic carbocycles. The summed E-state index contributed by atoms with van der Waals surface area (Å²) in [6, 6.07) is 0.0549. The summed E-state index contributed by atoms with van der Waals surface area (Å²) in [6.07, 6.45) is 0.204. The standard InChI is InChI=1S/C12H26N2O3S/c1-12(2,3)13-7-11(15)8-14(4)10-5-6-18(16,17)9-10/h10-11,13,15H,5-9H2,1-4H3. The van der Waals surface area contributed by atoms with Gasteiger partial charge in [0.1, 0.15) is 0 Å². The average molecular weight is 278 g/mol. The first-order chi connectivity index (χ1) is 8.09. The van der Waals surface area contributed by atoms with Gasteiger partial charge in [-0.2, -0.15) is 0 Å². The molecule has 1 aliphatic heterocycles. The van der Waals surface area contributed by atoms with Crippen LogP contribution in [-0.2, 0) is 9.84 Å². The van der Waals surface area contributed by atoms with Crippen molar-refractivity contribution in [3.63, 3.8) is 0 Å². The molecule has 0 aromatic heterocycles. The molecule has 1 fully saturated rings. The van der Waals surface area contributed by atoms with Crippen LogP contribution in [0.3, 0.4) is 0 Å². The van der Waals surface area contributed by atoms with E-state index in [2.05, 4.69) is 5.32 Å². The summed E-state index contributed by atoms with van der Waals surface area (Å²) in [6.45, 7) is 7.17. The van der Waals surface area contributed by atoms with Gasteiger partial charge in [0.05, 0.1) is 17.6 Å². The molecule has 0 spiro atoms. The number of nitrogens with one attached hydrogen (secondary N) is 1. The van der Waals surface area contributed by atoms with Gasteiger partial charge in [-0.25, -0.2) is 8.42 Å². The minimum atomic E-state index is -2.85. The number of rotatable bonds is 5. The molecule has 5 nitrogen and oxygen atoms in total. The third kappa shape index (κ3) is 5.65. The van der Waals surface area contributed by atoms with E-state index in [-0.39, 0.29) is 23.1 Å². The lowest BCUT2D eigenvalue weighted by Crippen LogP contribution is -2.46. The molecule has 1 heterocycles. The smallest absolute Gasteiger partial charge is 0.151 e. The molecular formula is C12H26N2O3S. The zero-order valence-corrected chi connectivity index (χ0v) is 12.6. The lowest BCUT2D eigenvalue weighted by atomic mass is 10.1. The molecular weight excluding hydrogens is 252 g/mol. The Balaban J connectivity index is 2.34. The summed E-state index contributed by atoms with van der Waals surface area (Å²) in [5.41, 5.74) is -0.0176. The maximum Gasteiger partial charge on any atom is 0.151 e. The first kappa shape index (κ1) is 15.9. The quantitative estimate of drug-likeness (QED) is 0.732. The Kier molecular flexibility index (Phi) is 5.17. The van der Waals surface area contributed by atoms with Gasteiger partial charge in [0.2, 0.25) is 0 Å². The van der Waals surface area contributed by atoms with Crippen LogP contribution < -0.4 is 5.32 Å². The highest BCUT2D eigenvalue weighted by atomic mass is 32.2. The molecule has 6 heteroatoms. The van der Waals surface area contributed by atoms with Crippen LogP contribution >= 0.6 is 0 Å². The van der Waals surface area contributed by atoms with Crippen molar-refractivity contribution in [1.29, 1.82) is 0 Å². The lowest BCUT2D eigenvalue weighted by molar-refractivity contribution is 0.102. The summed E-state index contributed by atoms with van der Waals surface area (Å²) in [7, 11) is -0.970. The Labute approximate surface area is 110 Å². The third-order valence-electron chi connectivity index (χ3n) is 3.20. The van der Waals surface area contributed by atoms with Gasteiger partial charge in [-0.05, 0) is 34.2 Å². The zero-order chi connectivity index (χ0) is 14.0. The second-order valence-electron chi connectivity index (χ2n) is 6.28. The summed E-state index contributed by atoms with van der Waals surface area (Å²) in [5.74, 6) is 0.501. The topological polar surface area (TPSA) is 69.6 Å². The van der Waals surface area contributed by atoms with E-state index in [0.29, 0.717) is 19.5 Å². The molecule has 0 saturated carbocycles. The summed E-state index contributed by atoms with van der Waals surface area (Å²) in [5, 5.41) is 13.2. The molecule has 1 saturated heterocycles. The second kappa shape index (κ2) is 5.86. The molecule has 18 heavy (non-hydrogen) atoms. The Bertz CT molecular complexity index is 362. The number of aliphatic hydroxyl groups is 1. The van der Waals surface area contributed by atoms with Crippen molar-refractivity contribution in [2.45, 2.75) is 44.9 Å². The van der Waals surface area contributed by atoms with Gasteiger partial charge in [-0.15, -0.1) is 0 Å². The van der Waals surface area contributed by atoms with Crippen LogP contribution in [0.5, 0.6) is 0 Å². The van der Waals surface area contributed by atoms with E-state index < -0.39 is 15.9 Å². The number of β-amino-alcohol motifs (C(OH)–C–C–N with tert-alkyl or cyclic N) is 1. The van der Waals surface area contributed by atoms with E-state index in [0.717, 1.165) is 0 Å². The fraction of sp³-hybridized carbons (Fsp3) is 1.00. The number of sulfone groups is 1. The predicted molar refractivity (Wildman–Crippen MR) is 73.5 cm³/mol. The Hall–Kier alpha value is -0.170. The van der Waals surface area contributed by atoms with E-state index in [1.807, 2.05) is 32.7 Å². The Morgan fingerprint density at radius 3 is 2.50 bits per heavy atom. The Morgan fingerprint density at radius 2 is 2.06 bits per heavy atom. The summed E-state index contributed by atoms with van der Waals surface area (Å²) >= 11 is 0. The van der Waals surface area contributed by atoms with Gasteiger partial charge in [0, 0.05) is 24.7 Å². The van der Waals surface area contributed by atoms with E-state index >= 15 is 0 Å². The highest BCUT2D eigenvalue weighted by Crippen LogP contribution is 2.16. The summed E-state index contributed by atoms with van der Waals surface area (Å²) < 4.78 is 22.8. The maximum atomic E-state index is 11.4. The number of likely N-dealkylation sites (N-methyl/N-ethyl adjacent to an activating group) is 1. The second-order valence-corrected chi connectivity index (χ2v) is 8.51. The Morgan fingerprint density at radius 1 is 1.44 bits per heavy atom. The third-order valence-corrected chi connectivity index (χ3v) is 4.95. The SMILES string of the molecule is CN(CC(O)CNC(C)(C)C)C1CCS(=O)(=O)C1. The first-order valence-electron chi connectivity index (χ1n) is 6.43. The highest BCUT2D eigenvalue weighted by Gasteiger charge is 2.31. The number of hydrogen-bond donors (Lipinski definition) is 2. The van der Waals surface area contributed by atoms with E-state index in [4.69, 9.17) is 0 Å². The normalized spacial score (nSPS) is 25.6. The fourth-order valence-corrected chi connectivity index (χ4v) is 3.90. The number of aliphatic hydroxyl groups excluding tert-OH is 1. The molecule has 0 amide bonds. The number of nitrogens with zero attached hydrogens (tertiary/aromatic N) is 1. The van der Waals surface area contributed by atoms with Gasteiger partial charge in [-0.3, -0.25) is 4.90 Å². The van der Waals surface area contributed by atoms with Crippen LogP contribution in [0.15, 0.2) is 0 Å². The maximum absolute atomic E-state index is 11.4. The van der Waals surface area contributed by atoms with Gasteiger partial charge < -0.3 is 10.4 Å². The van der Waals surface area contributed by atoms with Crippen LogP contribution in [0.25, 0.3) is 0 Å². The molecule has 108 valence electrons. The monoisotopic (exact) mass is 278 g/mol. The van der Waals surface area contributed by atoms with E-state index in [9.17, 15) is 13.5 Å². The first-order valence-corrected chi connectivity index (χ1v) is 8.25. The molecule has 0 aromatic rings. The fourth-order valence-electron chi connectivity index (χ4n) is 2.09. The summed E-state index contributed by atoms with van der Waals surface area (Å²) in [4.78, 5) is 1.96. The van der Waals surface area contributed by atoms with Crippen LogP contribution in [0.2, 0.25) is 0 Å². The van der Waals surface area contributed by atoms with E-state index in [1.165, 1.54) is 0 Å². The average Bonchev–Trinajstić information content (AvgIpc) is 2.55. The van der Waals surface area contributed by atoms with Gasteiger partial charge in [0.15, 0.2) is 9.84 Å². The van der Waals surface area contributed by atoms with Crippen molar-refractivity contribution < 1.29 is 13.5 Å². The van der Waals surface area contributed by atoms with Crippen molar-refractivity contribution in [2.75, 3.05) is 31.6 Å². The van der Waals surface area contributed by atoms with Gasteiger partial charge in [0.25, 0.3) is 0 Å². The molecule has 1 aliphatic rings. The van der Waals surface area contributed by atoms with Crippen molar-refractivity contribution >= 4 is 9.84 Å². The number of hydrogen-bond acceptors (Lipinski definition) is 5. The van der Waals surface area contributed by atoms with Crippen molar-refractivity contribution in [3.8, 4) is 0 Å². The largest absolute Gasteiger partial charge is 0.390 e. The molecule has 1 rings (SSSR count). The van der Waals surface area contributed by atoms with Crippen molar-refractivity contribution in [2.24, 2.45) is 0 Å².